The molecule has 2 aromatic carbocycles. The maximum absolute atomic E-state index is 12.0. The van der Waals surface area contributed by atoms with Crippen LogP contribution in [-0.2, 0) is 4.79 Å². The topological polar surface area (TPSA) is 55.1 Å². The van der Waals surface area contributed by atoms with Crippen molar-refractivity contribution in [2.45, 2.75) is 25.4 Å². The van der Waals surface area contributed by atoms with E-state index < -0.39 is 0 Å². The highest BCUT2D eigenvalue weighted by molar-refractivity contribution is 5.77. The number of rotatable bonds is 5. The second-order valence-corrected chi connectivity index (χ2v) is 4.92. The van der Waals surface area contributed by atoms with E-state index in [0.29, 0.717) is 6.42 Å². The monoisotopic (exact) mass is 268 g/mol. The molecule has 3 nitrogen and oxygen atoms in total. The number of hydrogen-bond acceptors (Lipinski definition) is 2. The normalized spacial score (nSPS) is 13.5. The SMILES string of the molecule is C[C@H](NC(=O)CC(N)c1ccccc1)c1ccccc1. The first-order chi connectivity index (χ1) is 9.66. The van der Waals surface area contributed by atoms with Gasteiger partial charge in [-0.25, -0.2) is 0 Å². The van der Waals surface area contributed by atoms with Gasteiger partial charge in [-0.1, -0.05) is 60.7 Å². The molecule has 2 aromatic rings. The van der Waals surface area contributed by atoms with Crippen LogP contribution in [0.1, 0.15) is 36.6 Å². The lowest BCUT2D eigenvalue weighted by Crippen LogP contribution is -2.29. The molecule has 2 atom stereocenters. The van der Waals surface area contributed by atoms with Crippen molar-refractivity contribution in [2.24, 2.45) is 5.73 Å². The van der Waals surface area contributed by atoms with Crippen molar-refractivity contribution in [3.8, 4) is 0 Å². The minimum absolute atomic E-state index is 0.00771. The Morgan fingerprint density at radius 3 is 2.05 bits per heavy atom. The summed E-state index contributed by atoms with van der Waals surface area (Å²) in [5.74, 6) is -0.0299. The Hall–Kier alpha value is -2.13. The molecule has 104 valence electrons. The highest BCUT2D eigenvalue weighted by atomic mass is 16.1. The molecule has 0 heterocycles. The fourth-order valence-electron chi connectivity index (χ4n) is 2.14. The third-order valence-corrected chi connectivity index (χ3v) is 3.31. The predicted octanol–water partition coefficient (Wildman–Crippen LogP) is 2.95. The molecule has 0 aliphatic heterocycles. The molecule has 1 amide bonds. The number of carbonyl (C=O) groups excluding carboxylic acids is 1. The van der Waals surface area contributed by atoms with Crippen LogP contribution in [0.3, 0.4) is 0 Å². The third-order valence-electron chi connectivity index (χ3n) is 3.31. The van der Waals surface area contributed by atoms with Crippen LogP contribution in [0.4, 0.5) is 0 Å². The van der Waals surface area contributed by atoms with E-state index in [9.17, 15) is 4.79 Å². The second kappa shape index (κ2) is 6.87. The molecule has 20 heavy (non-hydrogen) atoms. The van der Waals surface area contributed by atoms with E-state index in [1.807, 2.05) is 67.6 Å². The summed E-state index contributed by atoms with van der Waals surface area (Å²) >= 11 is 0. The number of amides is 1. The summed E-state index contributed by atoms with van der Waals surface area (Å²) in [7, 11) is 0. The third kappa shape index (κ3) is 3.93. The summed E-state index contributed by atoms with van der Waals surface area (Å²) in [4.78, 5) is 12.0. The van der Waals surface area contributed by atoms with Crippen LogP contribution in [0.2, 0.25) is 0 Å². The fraction of sp³-hybridized carbons (Fsp3) is 0.235. The van der Waals surface area contributed by atoms with Crippen molar-refractivity contribution in [3.05, 3.63) is 71.8 Å². The quantitative estimate of drug-likeness (QED) is 0.876. The van der Waals surface area contributed by atoms with Crippen LogP contribution in [0, 0.1) is 0 Å². The van der Waals surface area contributed by atoms with Crippen molar-refractivity contribution < 1.29 is 4.79 Å². The highest BCUT2D eigenvalue weighted by Gasteiger charge is 2.14. The van der Waals surface area contributed by atoms with Gasteiger partial charge in [-0.2, -0.15) is 0 Å². The average molecular weight is 268 g/mol. The van der Waals surface area contributed by atoms with E-state index in [4.69, 9.17) is 5.73 Å². The summed E-state index contributed by atoms with van der Waals surface area (Å²) in [5, 5.41) is 2.98. The number of nitrogens with one attached hydrogen (secondary N) is 1. The van der Waals surface area contributed by atoms with E-state index in [1.165, 1.54) is 0 Å². The van der Waals surface area contributed by atoms with Gasteiger partial charge in [0.25, 0.3) is 0 Å². The van der Waals surface area contributed by atoms with Crippen LogP contribution in [0.15, 0.2) is 60.7 Å². The largest absolute Gasteiger partial charge is 0.350 e. The highest BCUT2D eigenvalue weighted by Crippen LogP contribution is 2.15. The molecule has 2 rings (SSSR count). The molecule has 0 aliphatic carbocycles. The maximum atomic E-state index is 12.0. The number of nitrogens with two attached hydrogens (primary N) is 1. The second-order valence-electron chi connectivity index (χ2n) is 4.92. The molecule has 0 saturated carbocycles. The molecule has 0 spiro atoms. The molecule has 0 saturated heterocycles. The molecule has 0 aromatic heterocycles. The van der Waals surface area contributed by atoms with Gasteiger partial charge >= 0.3 is 0 Å². The van der Waals surface area contributed by atoms with Gasteiger partial charge in [0.15, 0.2) is 0 Å². The Balaban J connectivity index is 1.90. The molecule has 3 heteroatoms. The Morgan fingerprint density at radius 1 is 1.00 bits per heavy atom. The minimum atomic E-state index is -0.265. The number of benzene rings is 2. The van der Waals surface area contributed by atoms with Crippen molar-refractivity contribution in [3.63, 3.8) is 0 Å². The fourth-order valence-corrected chi connectivity index (χ4v) is 2.14. The molecule has 0 bridgehead atoms. The van der Waals surface area contributed by atoms with E-state index in [0.717, 1.165) is 11.1 Å². The first-order valence-electron chi connectivity index (χ1n) is 6.81. The van der Waals surface area contributed by atoms with Gasteiger partial charge in [0.05, 0.1) is 6.04 Å². The van der Waals surface area contributed by atoms with Crippen molar-refractivity contribution in [1.82, 2.24) is 5.32 Å². The predicted molar refractivity (Wildman–Crippen MR) is 81.0 cm³/mol. The van der Waals surface area contributed by atoms with Crippen LogP contribution < -0.4 is 11.1 Å². The molecule has 1 unspecified atom stereocenters. The van der Waals surface area contributed by atoms with Crippen molar-refractivity contribution >= 4 is 5.91 Å². The summed E-state index contributed by atoms with van der Waals surface area (Å²) in [6, 6.07) is 19.3. The molecule has 0 aliphatic rings. The van der Waals surface area contributed by atoms with Crippen LogP contribution in [0.5, 0.6) is 0 Å². The molecule has 0 fully saturated rings. The van der Waals surface area contributed by atoms with Gasteiger partial charge in [0, 0.05) is 12.5 Å². The smallest absolute Gasteiger partial charge is 0.222 e. The Labute approximate surface area is 119 Å². The molecular formula is C17H20N2O. The molecule has 3 N–H and O–H groups in total. The van der Waals surface area contributed by atoms with Crippen LogP contribution in [0.25, 0.3) is 0 Å². The maximum Gasteiger partial charge on any atom is 0.222 e. The van der Waals surface area contributed by atoms with Gasteiger partial charge in [0.1, 0.15) is 0 Å². The van der Waals surface area contributed by atoms with Crippen molar-refractivity contribution in [2.75, 3.05) is 0 Å². The summed E-state index contributed by atoms with van der Waals surface area (Å²) in [5.41, 5.74) is 8.12. The lowest BCUT2D eigenvalue weighted by atomic mass is 10.0. The number of hydrogen-bond donors (Lipinski definition) is 2. The zero-order chi connectivity index (χ0) is 14.4. The molecule has 0 radical (unpaired) electrons. The van der Waals surface area contributed by atoms with Crippen LogP contribution >= 0.6 is 0 Å². The van der Waals surface area contributed by atoms with Gasteiger partial charge in [0.2, 0.25) is 5.91 Å². The zero-order valence-corrected chi connectivity index (χ0v) is 11.6. The van der Waals surface area contributed by atoms with Gasteiger partial charge < -0.3 is 11.1 Å². The van der Waals surface area contributed by atoms with E-state index in [2.05, 4.69) is 5.32 Å². The zero-order valence-electron chi connectivity index (χ0n) is 11.6. The lowest BCUT2D eigenvalue weighted by molar-refractivity contribution is -0.122. The van der Waals surface area contributed by atoms with Crippen LogP contribution in [-0.4, -0.2) is 5.91 Å². The summed E-state index contributed by atoms with van der Waals surface area (Å²) < 4.78 is 0. The van der Waals surface area contributed by atoms with Gasteiger partial charge in [-0.05, 0) is 18.1 Å². The Bertz CT molecular complexity index is 490. The standard InChI is InChI=1S/C17H20N2O/c1-13(14-8-4-2-5-9-14)19-17(20)12-16(18)15-10-6-3-7-11-15/h2-11,13,16H,12,18H2,1H3,(H,19,20)/t13-,16?/m0/s1. The minimum Gasteiger partial charge on any atom is -0.350 e. The first-order valence-corrected chi connectivity index (χ1v) is 6.81. The van der Waals surface area contributed by atoms with Crippen molar-refractivity contribution in [1.29, 1.82) is 0 Å². The Kier molecular flexibility index (Phi) is 4.91. The lowest BCUT2D eigenvalue weighted by Gasteiger charge is -2.17. The molecular weight excluding hydrogens is 248 g/mol. The first kappa shape index (κ1) is 14.3. The Morgan fingerprint density at radius 2 is 1.50 bits per heavy atom. The van der Waals surface area contributed by atoms with E-state index >= 15 is 0 Å². The van der Waals surface area contributed by atoms with Gasteiger partial charge in [-0.3, -0.25) is 4.79 Å². The summed E-state index contributed by atoms with van der Waals surface area (Å²) in [6.07, 6.45) is 0.293. The summed E-state index contributed by atoms with van der Waals surface area (Å²) in [6.45, 7) is 1.97. The average Bonchev–Trinajstić information content (AvgIpc) is 2.49. The number of carbonyl (C=O) groups is 1. The van der Waals surface area contributed by atoms with Gasteiger partial charge in [-0.15, -0.1) is 0 Å². The van der Waals surface area contributed by atoms with E-state index in [1.54, 1.807) is 0 Å². The van der Waals surface area contributed by atoms with E-state index in [-0.39, 0.29) is 18.0 Å².